The topological polar surface area (TPSA) is 12.0 Å². The predicted octanol–water partition coefficient (Wildman–Crippen LogP) is 3.54. The van der Waals surface area contributed by atoms with E-state index < -0.39 is 0 Å². The van der Waals surface area contributed by atoms with E-state index in [0.717, 1.165) is 17.1 Å². The Morgan fingerprint density at radius 1 is 1.29 bits per heavy atom. The number of hydrogen-bond donors (Lipinski definition) is 1. The van der Waals surface area contributed by atoms with E-state index in [2.05, 4.69) is 32.2 Å². The highest BCUT2D eigenvalue weighted by atomic mass is 35.5. The van der Waals surface area contributed by atoms with Crippen LogP contribution >= 0.6 is 11.6 Å². The molecule has 78 valence electrons. The van der Waals surface area contributed by atoms with E-state index in [9.17, 15) is 0 Å². The molecule has 0 saturated heterocycles. The third-order valence-electron chi connectivity index (χ3n) is 2.08. The molecule has 2 heteroatoms. The highest BCUT2D eigenvalue weighted by molar-refractivity contribution is 6.32. The smallest absolute Gasteiger partial charge is 0.0480 e. The van der Waals surface area contributed by atoms with Gasteiger partial charge in [-0.2, -0.15) is 0 Å². The van der Waals surface area contributed by atoms with E-state index in [1.807, 2.05) is 19.1 Å². The molecular weight excluding hydrogens is 194 g/mol. The predicted molar refractivity (Wildman–Crippen MR) is 62.8 cm³/mol. The molecule has 0 aliphatic carbocycles. The number of nitrogens with one attached hydrogen (secondary N) is 1. The van der Waals surface area contributed by atoms with Crippen molar-refractivity contribution in [2.75, 3.05) is 0 Å². The molecule has 14 heavy (non-hydrogen) atoms. The van der Waals surface area contributed by atoms with Gasteiger partial charge >= 0.3 is 0 Å². The van der Waals surface area contributed by atoms with Gasteiger partial charge in [-0.25, -0.2) is 0 Å². The molecule has 1 rings (SSSR count). The fourth-order valence-corrected chi connectivity index (χ4v) is 1.40. The summed E-state index contributed by atoms with van der Waals surface area (Å²) in [6, 6.07) is 6.14. The summed E-state index contributed by atoms with van der Waals surface area (Å²) in [6.07, 6.45) is 0. The van der Waals surface area contributed by atoms with Gasteiger partial charge in [0.2, 0.25) is 0 Å². The Morgan fingerprint density at radius 2 is 1.93 bits per heavy atom. The quantitative estimate of drug-likeness (QED) is 0.789. The molecule has 0 aliphatic rings. The summed E-state index contributed by atoms with van der Waals surface area (Å²) in [7, 11) is 0. The molecule has 0 spiro atoms. The minimum atomic E-state index is 0.132. The lowest BCUT2D eigenvalue weighted by atomic mass is 10.1. The Labute approximate surface area is 91.5 Å². The lowest BCUT2D eigenvalue weighted by Crippen LogP contribution is -2.35. The third kappa shape index (κ3) is 3.32. The second kappa shape index (κ2) is 4.33. The first-order chi connectivity index (χ1) is 6.40. The normalized spacial score (nSPS) is 11.8. The second-order valence-corrected chi connectivity index (χ2v) is 5.03. The summed E-state index contributed by atoms with van der Waals surface area (Å²) >= 11 is 6.18. The highest BCUT2D eigenvalue weighted by Crippen LogP contribution is 2.20. The number of hydrogen-bond acceptors (Lipinski definition) is 1. The van der Waals surface area contributed by atoms with Crippen molar-refractivity contribution in [3.8, 4) is 0 Å². The SMILES string of the molecule is Cc1cccc(CNC(C)(C)C)c1Cl. The molecule has 1 nitrogen and oxygen atoms in total. The molecule has 0 heterocycles. The Hall–Kier alpha value is -0.530. The molecule has 0 aliphatic heterocycles. The van der Waals surface area contributed by atoms with E-state index in [-0.39, 0.29) is 5.54 Å². The molecule has 0 amide bonds. The third-order valence-corrected chi connectivity index (χ3v) is 2.62. The van der Waals surface area contributed by atoms with Gasteiger partial charge in [0.25, 0.3) is 0 Å². The Balaban J connectivity index is 2.73. The van der Waals surface area contributed by atoms with Gasteiger partial charge in [-0.3, -0.25) is 0 Å². The monoisotopic (exact) mass is 211 g/mol. The van der Waals surface area contributed by atoms with Crippen LogP contribution in [0.1, 0.15) is 31.9 Å². The summed E-state index contributed by atoms with van der Waals surface area (Å²) in [6.45, 7) is 9.30. The zero-order valence-corrected chi connectivity index (χ0v) is 10.1. The van der Waals surface area contributed by atoms with Crippen LogP contribution in [0.3, 0.4) is 0 Å². The fraction of sp³-hybridized carbons (Fsp3) is 0.500. The number of benzene rings is 1. The van der Waals surface area contributed by atoms with Gasteiger partial charge in [-0.1, -0.05) is 29.8 Å². The highest BCUT2D eigenvalue weighted by Gasteiger charge is 2.10. The first kappa shape index (κ1) is 11.5. The fourth-order valence-electron chi connectivity index (χ4n) is 1.21. The molecule has 0 atom stereocenters. The van der Waals surface area contributed by atoms with Gasteiger partial charge < -0.3 is 5.32 Å². The Morgan fingerprint density at radius 3 is 2.50 bits per heavy atom. The molecular formula is C12H18ClN. The maximum atomic E-state index is 6.18. The van der Waals surface area contributed by atoms with Crippen molar-refractivity contribution < 1.29 is 0 Å². The summed E-state index contributed by atoms with van der Waals surface area (Å²) in [4.78, 5) is 0. The Bertz CT molecular complexity index is 313. The number of aryl methyl sites for hydroxylation is 1. The van der Waals surface area contributed by atoms with Gasteiger partial charge in [0, 0.05) is 17.1 Å². The van der Waals surface area contributed by atoms with Crippen LogP contribution in [-0.2, 0) is 6.54 Å². The number of rotatable bonds is 2. The van der Waals surface area contributed by atoms with Gasteiger partial charge in [-0.15, -0.1) is 0 Å². The van der Waals surface area contributed by atoms with Crippen LogP contribution in [0.4, 0.5) is 0 Å². The summed E-state index contributed by atoms with van der Waals surface area (Å²) in [5, 5.41) is 4.30. The number of halogens is 1. The van der Waals surface area contributed by atoms with Gasteiger partial charge in [-0.05, 0) is 38.8 Å². The van der Waals surface area contributed by atoms with Crippen molar-refractivity contribution in [2.24, 2.45) is 0 Å². The van der Waals surface area contributed by atoms with Crippen molar-refractivity contribution in [3.05, 3.63) is 34.3 Å². The lowest BCUT2D eigenvalue weighted by molar-refractivity contribution is 0.424. The minimum absolute atomic E-state index is 0.132. The largest absolute Gasteiger partial charge is 0.308 e. The van der Waals surface area contributed by atoms with Crippen LogP contribution in [0.25, 0.3) is 0 Å². The van der Waals surface area contributed by atoms with Gasteiger partial charge in [0.05, 0.1) is 0 Å². The molecule has 0 fully saturated rings. The molecule has 0 saturated carbocycles. The van der Waals surface area contributed by atoms with Crippen LogP contribution in [0.2, 0.25) is 5.02 Å². The van der Waals surface area contributed by atoms with Crippen LogP contribution in [0.5, 0.6) is 0 Å². The summed E-state index contributed by atoms with van der Waals surface area (Å²) in [5.74, 6) is 0. The summed E-state index contributed by atoms with van der Waals surface area (Å²) in [5.41, 5.74) is 2.44. The van der Waals surface area contributed by atoms with Crippen LogP contribution in [0.15, 0.2) is 18.2 Å². The standard InChI is InChI=1S/C12H18ClN/c1-9-6-5-7-10(11(9)13)8-14-12(2,3)4/h5-7,14H,8H2,1-4H3. The van der Waals surface area contributed by atoms with Gasteiger partial charge in [0.1, 0.15) is 0 Å². The van der Waals surface area contributed by atoms with Gasteiger partial charge in [0.15, 0.2) is 0 Å². The van der Waals surface area contributed by atoms with E-state index in [0.29, 0.717) is 0 Å². The van der Waals surface area contributed by atoms with E-state index >= 15 is 0 Å². The molecule has 0 aromatic heterocycles. The maximum Gasteiger partial charge on any atom is 0.0480 e. The molecule has 1 aromatic rings. The average molecular weight is 212 g/mol. The molecule has 0 unspecified atom stereocenters. The average Bonchev–Trinajstić information content (AvgIpc) is 2.06. The first-order valence-corrected chi connectivity index (χ1v) is 5.27. The minimum Gasteiger partial charge on any atom is -0.308 e. The van der Waals surface area contributed by atoms with Crippen LogP contribution in [0, 0.1) is 6.92 Å². The second-order valence-electron chi connectivity index (χ2n) is 4.65. The van der Waals surface area contributed by atoms with Crippen molar-refractivity contribution in [3.63, 3.8) is 0 Å². The van der Waals surface area contributed by atoms with Crippen molar-refractivity contribution in [1.82, 2.24) is 5.32 Å². The zero-order valence-electron chi connectivity index (χ0n) is 9.32. The molecule has 1 N–H and O–H groups in total. The van der Waals surface area contributed by atoms with Crippen molar-refractivity contribution in [2.45, 2.75) is 39.8 Å². The lowest BCUT2D eigenvalue weighted by Gasteiger charge is -2.21. The van der Waals surface area contributed by atoms with E-state index in [4.69, 9.17) is 11.6 Å². The first-order valence-electron chi connectivity index (χ1n) is 4.89. The van der Waals surface area contributed by atoms with E-state index in [1.54, 1.807) is 0 Å². The molecule has 1 aromatic carbocycles. The Kier molecular flexibility index (Phi) is 3.57. The van der Waals surface area contributed by atoms with Crippen LogP contribution in [-0.4, -0.2) is 5.54 Å². The van der Waals surface area contributed by atoms with Crippen molar-refractivity contribution >= 4 is 11.6 Å². The van der Waals surface area contributed by atoms with E-state index in [1.165, 1.54) is 5.56 Å². The summed E-state index contributed by atoms with van der Waals surface area (Å²) < 4.78 is 0. The molecule has 0 radical (unpaired) electrons. The molecule has 0 bridgehead atoms. The van der Waals surface area contributed by atoms with Crippen LogP contribution < -0.4 is 5.32 Å². The zero-order chi connectivity index (χ0) is 10.8. The maximum absolute atomic E-state index is 6.18. The van der Waals surface area contributed by atoms with Crippen molar-refractivity contribution in [1.29, 1.82) is 0 Å².